The number of hydrogen-bond acceptors (Lipinski definition) is 3. The summed E-state index contributed by atoms with van der Waals surface area (Å²) in [5.41, 5.74) is 0.667. The van der Waals surface area contributed by atoms with Gasteiger partial charge < -0.3 is 0 Å². The fraction of sp³-hybridized carbons (Fsp3) is 0.357. The Balaban J connectivity index is 2.26. The van der Waals surface area contributed by atoms with E-state index in [2.05, 4.69) is 45.5 Å². The maximum atomic E-state index is 12.3. The topological polar surface area (TPSA) is 38.3 Å². The Labute approximate surface area is 126 Å². The zero-order valence-corrected chi connectivity index (χ0v) is 13.8. The summed E-state index contributed by atoms with van der Waals surface area (Å²) in [4.78, 5) is 12.3. The summed E-state index contributed by atoms with van der Waals surface area (Å²) in [6.07, 6.45) is 0.986. The first kappa shape index (κ1) is 13.4. The summed E-state index contributed by atoms with van der Waals surface area (Å²) in [6.45, 7) is 0.809. The van der Waals surface area contributed by atoms with Crippen molar-refractivity contribution in [2.75, 3.05) is 19.0 Å². The van der Waals surface area contributed by atoms with E-state index in [0.717, 1.165) is 13.0 Å². The van der Waals surface area contributed by atoms with E-state index in [-0.39, 0.29) is 20.5 Å². The van der Waals surface area contributed by atoms with Gasteiger partial charge in [0.1, 0.15) is 0 Å². The molecule has 1 unspecified atom stereocenters. The van der Waals surface area contributed by atoms with Crippen molar-refractivity contribution in [3.05, 3.63) is 34.3 Å². The van der Waals surface area contributed by atoms with Crippen LogP contribution in [0.3, 0.4) is 0 Å². The molecule has 1 aliphatic heterocycles. The van der Waals surface area contributed by atoms with Gasteiger partial charge in [0.2, 0.25) is 0 Å². The summed E-state index contributed by atoms with van der Waals surface area (Å²) in [5, 5.41) is 5.26. The molecule has 0 saturated heterocycles. The van der Waals surface area contributed by atoms with Crippen molar-refractivity contribution in [3.8, 4) is 0 Å². The minimum absolute atomic E-state index is 0.189. The van der Waals surface area contributed by atoms with Crippen molar-refractivity contribution in [1.29, 1.82) is 0 Å². The molecule has 3 rings (SSSR count). The number of hydrogen-bond donors (Lipinski definition) is 1. The average molecular weight is 387 g/mol. The number of fused-ring (bicyclic) bond motifs is 3. The van der Waals surface area contributed by atoms with Crippen molar-refractivity contribution in [3.63, 3.8) is 0 Å². The van der Waals surface area contributed by atoms with Crippen LogP contribution in [0.1, 0.15) is 10.0 Å². The summed E-state index contributed by atoms with van der Waals surface area (Å²) in [7, 11) is 1.46. The van der Waals surface area contributed by atoms with E-state index in [4.69, 9.17) is 4.74 Å². The number of benzene rings is 1. The van der Waals surface area contributed by atoms with Crippen LogP contribution >= 0.6 is 15.9 Å². The maximum absolute atomic E-state index is 12.3. The molecule has 2 heterocycles. The van der Waals surface area contributed by atoms with Crippen LogP contribution in [0, 0.1) is 0 Å². The van der Waals surface area contributed by atoms with E-state index in [9.17, 15) is 4.79 Å². The predicted molar refractivity (Wildman–Crippen MR) is 80.1 cm³/mol. The first-order valence-electron chi connectivity index (χ1n) is 6.13. The summed E-state index contributed by atoms with van der Waals surface area (Å²) in [5.74, 6) is -0.189. The SMILES string of the molecule is COC(=O)C1(CBr)NCCc2c1[se]c1ccccc21. The van der Waals surface area contributed by atoms with E-state index in [1.807, 2.05) is 0 Å². The molecule has 19 heavy (non-hydrogen) atoms. The molecule has 0 aliphatic carbocycles. The normalized spacial score (nSPS) is 22.2. The van der Waals surface area contributed by atoms with Gasteiger partial charge in [-0.05, 0) is 0 Å². The number of carbonyl (C=O) groups excluding carboxylic acids is 1. The predicted octanol–water partition coefficient (Wildman–Crippen LogP) is 1.81. The molecule has 1 N–H and O–H groups in total. The van der Waals surface area contributed by atoms with Crippen molar-refractivity contribution >= 4 is 46.0 Å². The third-order valence-electron chi connectivity index (χ3n) is 3.62. The summed E-state index contributed by atoms with van der Waals surface area (Å²) < 4.78 is 7.64. The van der Waals surface area contributed by atoms with Crippen LogP contribution in [-0.2, 0) is 21.5 Å². The van der Waals surface area contributed by atoms with E-state index in [1.54, 1.807) is 0 Å². The molecule has 2 aromatic rings. The second-order valence-electron chi connectivity index (χ2n) is 4.61. The molecule has 1 aromatic carbocycles. The van der Waals surface area contributed by atoms with Gasteiger partial charge >= 0.3 is 126 Å². The minimum atomic E-state index is -0.679. The van der Waals surface area contributed by atoms with Gasteiger partial charge in [-0.1, -0.05) is 0 Å². The molecule has 1 atom stereocenters. The first-order valence-corrected chi connectivity index (χ1v) is 8.96. The quantitative estimate of drug-likeness (QED) is 0.486. The van der Waals surface area contributed by atoms with Crippen molar-refractivity contribution in [2.45, 2.75) is 12.0 Å². The molecule has 0 amide bonds. The Hall–Kier alpha value is -0.611. The van der Waals surface area contributed by atoms with Crippen LogP contribution in [0.5, 0.6) is 0 Å². The van der Waals surface area contributed by atoms with Crippen LogP contribution in [0.25, 0.3) is 9.65 Å². The molecular formula is C14H14BrNO2Se. The molecule has 0 bridgehead atoms. The standard InChI is InChI=1S/C14H14BrNO2Se/c1-18-13(17)14(8-15)12-10(6-7-16-14)9-4-2-3-5-11(9)19-12/h2-5,16H,6-8H2,1H3. The van der Waals surface area contributed by atoms with Gasteiger partial charge in [0, 0.05) is 0 Å². The summed E-state index contributed by atoms with van der Waals surface area (Å²) >= 11 is 3.70. The van der Waals surface area contributed by atoms with Gasteiger partial charge in [-0.2, -0.15) is 0 Å². The Morgan fingerprint density at radius 1 is 1.53 bits per heavy atom. The second-order valence-corrected chi connectivity index (χ2v) is 7.38. The first-order chi connectivity index (χ1) is 9.23. The number of ether oxygens (including phenoxy) is 1. The molecule has 0 fully saturated rings. The van der Waals surface area contributed by atoms with Gasteiger partial charge in [-0.3, -0.25) is 0 Å². The van der Waals surface area contributed by atoms with E-state index in [0.29, 0.717) is 5.33 Å². The van der Waals surface area contributed by atoms with Gasteiger partial charge in [-0.15, -0.1) is 0 Å². The molecule has 3 nitrogen and oxygen atoms in total. The number of alkyl halides is 1. The Kier molecular flexibility index (Phi) is 3.56. The van der Waals surface area contributed by atoms with Crippen LogP contribution in [-0.4, -0.2) is 39.5 Å². The number of halogens is 1. The zero-order chi connectivity index (χ0) is 13.5. The number of rotatable bonds is 2. The van der Waals surface area contributed by atoms with Crippen LogP contribution in [0.15, 0.2) is 24.3 Å². The molecule has 5 heteroatoms. The molecular weight excluding hydrogens is 373 g/mol. The van der Waals surface area contributed by atoms with E-state index < -0.39 is 5.54 Å². The second kappa shape index (κ2) is 5.06. The van der Waals surface area contributed by atoms with Crippen molar-refractivity contribution < 1.29 is 9.53 Å². The van der Waals surface area contributed by atoms with Crippen LogP contribution in [0.4, 0.5) is 0 Å². The Morgan fingerprint density at radius 2 is 2.32 bits per heavy atom. The fourth-order valence-electron chi connectivity index (χ4n) is 2.67. The van der Waals surface area contributed by atoms with Crippen LogP contribution < -0.4 is 5.32 Å². The fourth-order valence-corrected chi connectivity index (χ4v) is 6.75. The third kappa shape index (κ3) is 1.91. The Morgan fingerprint density at radius 3 is 3.05 bits per heavy atom. The molecule has 0 radical (unpaired) electrons. The number of methoxy groups -OCH3 is 1. The van der Waals surface area contributed by atoms with Gasteiger partial charge in [0.15, 0.2) is 0 Å². The van der Waals surface area contributed by atoms with Crippen molar-refractivity contribution in [1.82, 2.24) is 5.32 Å². The van der Waals surface area contributed by atoms with Gasteiger partial charge in [0.05, 0.1) is 0 Å². The average Bonchev–Trinajstić information content (AvgIpc) is 2.85. The van der Waals surface area contributed by atoms with E-state index in [1.165, 1.54) is 26.8 Å². The van der Waals surface area contributed by atoms with Crippen molar-refractivity contribution in [2.24, 2.45) is 0 Å². The summed E-state index contributed by atoms with van der Waals surface area (Å²) in [6, 6.07) is 8.48. The number of esters is 1. The molecule has 1 aliphatic rings. The van der Waals surface area contributed by atoms with Crippen LogP contribution in [0.2, 0.25) is 0 Å². The molecule has 100 valence electrons. The van der Waals surface area contributed by atoms with Gasteiger partial charge in [-0.25, -0.2) is 0 Å². The number of carbonyl (C=O) groups is 1. The third-order valence-corrected chi connectivity index (χ3v) is 7.35. The Bertz CT molecular complexity index is 639. The molecule has 1 aromatic heterocycles. The zero-order valence-electron chi connectivity index (χ0n) is 10.5. The van der Waals surface area contributed by atoms with E-state index >= 15 is 0 Å². The molecule has 0 spiro atoms. The monoisotopic (exact) mass is 387 g/mol. The number of nitrogens with one attached hydrogen (secondary N) is 1. The molecule has 0 saturated carbocycles. The van der Waals surface area contributed by atoms with Gasteiger partial charge in [0.25, 0.3) is 0 Å².